The molecule has 0 radical (unpaired) electrons. The van der Waals surface area contributed by atoms with Crippen LogP contribution < -0.4 is 5.32 Å². The molecule has 0 aliphatic rings. The van der Waals surface area contributed by atoms with Crippen LogP contribution in [0.25, 0.3) is 11.5 Å². The molecule has 3 heteroatoms. The molecule has 1 aromatic carbocycles. The minimum absolute atomic E-state index is 0.683. The van der Waals surface area contributed by atoms with Gasteiger partial charge in [-0.25, -0.2) is 4.98 Å². The van der Waals surface area contributed by atoms with Gasteiger partial charge in [-0.05, 0) is 32.0 Å². The Kier molecular flexibility index (Phi) is 2.46. The number of aryl methyl sites for hydroxylation is 2. The molecule has 2 aromatic rings. The van der Waals surface area contributed by atoms with Gasteiger partial charge in [0.25, 0.3) is 0 Å². The second-order valence-corrected chi connectivity index (χ2v) is 3.49. The molecular formula is C12H14N2O. The van der Waals surface area contributed by atoms with E-state index in [-0.39, 0.29) is 0 Å². The van der Waals surface area contributed by atoms with Gasteiger partial charge in [0, 0.05) is 18.3 Å². The Morgan fingerprint density at radius 3 is 2.67 bits per heavy atom. The zero-order valence-corrected chi connectivity index (χ0v) is 9.16. The topological polar surface area (TPSA) is 38.1 Å². The first kappa shape index (κ1) is 9.77. The van der Waals surface area contributed by atoms with E-state index in [2.05, 4.69) is 10.3 Å². The number of nitrogens with one attached hydrogen (secondary N) is 1. The molecule has 1 heterocycles. The largest absolute Gasteiger partial charge is 0.441 e. The number of aromatic nitrogens is 1. The quantitative estimate of drug-likeness (QED) is 0.813. The standard InChI is InChI=1S/C12H14N2O/c1-8-9(2)15-12(14-8)10-5-4-6-11(7-10)13-3/h4-7,13H,1-3H3. The van der Waals surface area contributed by atoms with Gasteiger partial charge < -0.3 is 9.73 Å². The fourth-order valence-corrected chi connectivity index (χ4v) is 1.40. The lowest BCUT2D eigenvalue weighted by molar-refractivity contribution is 0.541. The van der Waals surface area contributed by atoms with Gasteiger partial charge in [-0.3, -0.25) is 0 Å². The Morgan fingerprint density at radius 2 is 2.07 bits per heavy atom. The lowest BCUT2D eigenvalue weighted by Crippen LogP contribution is -1.87. The lowest BCUT2D eigenvalue weighted by Gasteiger charge is -2.00. The van der Waals surface area contributed by atoms with Crippen LogP contribution >= 0.6 is 0 Å². The SMILES string of the molecule is CNc1cccc(-c2nc(C)c(C)o2)c1. The molecule has 1 N–H and O–H groups in total. The predicted molar refractivity (Wildman–Crippen MR) is 61.0 cm³/mol. The van der Waals surface area contributed by atoms with E-state index in [1.165, 1.54) is 0 Å². The second-order valence-electron chi connectivity index (χ2n) is 3.49. The van der Waals surface area contributed by atoms with E-state index < -0.39 is 0 Å². The molecule has 0 fully saturated rings. The molecule has 0 spiro atoms. The molecule has 3 nitrogen and oxygen atoms in total. The van der Waals surface area contributed by atoms with E-state index in [9.17, 15) is 0 Å². The highest BCUT2D eigenvalue weighted by atomic mass is 16.4. The number of nitrogens with zero attached hydrogens (tertiary/aromatic N) is 1. The van der Waals surface area contributed by atoms with E-state index in [4.69, 9.17) is 4.42 Å². The number of rotatable bonds is 2. The van der Waals surface area contributed by atoms with Crippen LogP contribution in [0.2, 0.25) is 0 Å². The number of hydrogen-bond donors (Lipinski definition) is 1. The average Bonchev–Trinajstić information content (AvgIpc) is 2.59. The third-order valence-corrected chi connectivity index (χ3v) is 2.43. The predicted octanol–water partition coefficient (Wildman–Crippen LogP) is 3.00. The molecule has 1 aromatic heterocycles. The molecule has 2 rings (SSSR count). The van der Waals surface area contributed by atoms with Crippen LogP contribution in [0.15, 0.2) is 28.7 Å². The van der Waals surface area contributed by atoms with Gasteiger partial charge in [-0.1, -0.05) is 6.07 Å². The van der Waals surface area contributed by atoms with Crippen molar-refractivity contribution in [3.63, 3.8) is 0 Å². The fourth-order valence-electron chi connectivity index (χ4n) is 1.40. The third kappa shape index (κ3) is 1.86. The maximum absolute atomic E-state index is 5.56. The van der Waals surface area contributed by atoms with Crippen molar-refractivity contribution < 1.29 is 4.42 Å². The van der Waals surface area contributed by atoms with E-state index in [1.54, 1.807) is 0 Å². The Labute approximate surface area is 89.1 Å². The summed E-state index contributed by atoms with van der Waals surface area (Å²) in [6.07, 6.45) is 0. The summed E-state index contributed by atoms with van der Waals surface area (Å²) in [6.45, 7) is 3.87. The van der Waals surface area contributed by atoms with Gasteiger partial charge in [0.2, 0.25) is 5.89 Å². The highest BCUT2D eigenvalue weighted by Crippen LogP contribution is 2.23. The third-order valence-electron chi connectivity index (χ3n) is 2.43. The highest BCUT2D eigenvalue weighted by Gasteiger charge is 2.07. The Hall–Kier alpha value is -1.77. The van der Waals surface area contributed by atoms with E-state index in [1.807, 2.05) is 45.2 Å². The Balaban J connectivity index is 2.44. The van der Waals surface area contributed by atoms with E-state index in [0.717, 1.165) is 22.7 Å². The van der Waals surface area contributed by atoms with Crippen LogP contribution in [0.5, 0.6) is 0 Å². The average molecular weight is 202 g/mol. The van der Waals surface area contributed by atoms with Crippen LogP contribution in [-0.4, -0.2) is 12.0 Å². The highest BCUT2D eigenvalue weighted by molar-refractivity contribution is 5.61. The minimum Gasteiger partial charge on any atom is -0.441 e. The first-order valence-electron chi connectivity index (χ1n) is 4.93. The maximum Gasteiger partial charge on any atom is 0.226 e. The van der Waals surface area contributed by atoms with Crippen LogP contribution in [0.3, 0.4) is 0 Å². The minimum atomic E-state index is 0.683. The van der Waals surface area contributed by atoms with Crippen molar-refractivity contribution in [2.24, 2.45) is 0 Å². The van der Waals surface area contributed by atoms with Crippen molar-refractivity contribution in [1.82, 2.24) is 4.98 Å². The summed E-state index contributed by atoms with van der Waals surface area (Å²) in [5, 5.41) is 3.09. The van der Waals surface area contributed by atoms with Crippen molar-refractivity contribution in [2.75, 3.05) is 12.4 Å². The smallest absolute Gasteiger partial charge is 0.226 e. The van der Waals surface area contributed by atoms with Crippen molar-refractivity contribution in [3.05, 3.63) is 35.7 Å². The van der Waals surface area contributed by atoms with Crippen molar-refractivity contribution in [3.8, 4) is 11.5 Å². The first-order valence-corrected chi connectivity index (χ1v) is 4.93. The molecule has 0 atom stereocenters. The summed E-state index contributed by atoms with van der Waals surface area (Å²) in [6, 6.07) is 8.00. The summed E-state index contributed by atoms with van der Waals surface area (Å²) >= 11 is 0. The lowest BCUT2D eigenvalue weighted by atomic mass is 10.2. The summed E-state index contributed by atoms with van der Waals surface area (Å²) in [5.74, 6) is 1.56. The molecule has 0 saturated carbocycles. The van der Waals surface area contributed by atoms with Gasteiger partial charge in [0.1, 0.15) is 5.76 Å². The number of benzene rings is 1. The molecule has 0 unspecified atom stereocenters. The molecule has 78 valence electrons. The molecular weight excluding hydrogens is 188 g/mol. The second kappa shape index (κ2) is 3.77. The zero-order chi connectivity index (χ0) is 10.8. The van der Waals surface area contributed by atoms with Crippen LogP contribution in [0, 0.1) is 13.8 Å². The summed E-state index contributed by atoms with van der Waals surface area (Å²) in [5.41, 5.74) is 3.00. The van der Waals surface area contributed by atoms with Gasteiger partial charge in [0.05, 0.1) is 5.69 Å². The van der Waals surface area contributed by atoms with Crippen LogP contribution in [0.4, 0.5) is 5.69 Å². The normalized spacial score (nSPS) is 10.3. The van der Waals surface area contributed by atoms with Gasteiger partial charge in [-0.15, -0.1) is 0 Å². The molecule has 0 aliphatic heterocycles. The molecule has 0 aliphatic carbocycles. The van der Waals surface area contributed by atoms with Crippen molar-refractivity contribution in [1.29, 1.82) is 0 Å². The summed E-state index contributed by atoms with van der Waals surface area (Å²) in [7, 11) is 1.89. The summed E-state index contributed by atoms with van der Waals surface area (Å²) in [4.78, 5) is 4.36. The molecule has 15 heavy (non-hydrogen) atoms. The van der Waals surface area contributed by atoms with Gasteiger partial charge in [0.15, 0.2) is 0 Å². The van der Waals surface area contributed by atoms with Gasteiger partial charge in [-0.2, -0.15) is 0 Å². The molecule has 0 bridgehead atoms. The van der Waals surface area contributed by atoms with E-state index >= 15 is 0 Å². The summed E-state index contributed by atoms with van der Waals surface area (Å²) < 4.78 is 5.56. The van der Waals surface area contributed by atoms with Crippen LogP contribution in [-0.2, 0) is 0 Å². The van der Waals surface area contributed by atoms with Gasteiger partial charge >= 0.3 is 0 Å². The number of oxazole rings is 1. The Morgan fingerprint density at radius 1 is 1.27 bits per heavy atom. The molecule has 0 saturated heterocycles. The fraction of sp³-hybridized carbons (Fsp3) is 0.250. The van der Waals surface area contributed by atoms with Crippen molar-refractivity contribution in [2.45, 2.75) is 13.8 Å². The zero-order valence-electron chi connectivity index (χ0n) is 9.16. The Bertz CT molecular complexity index is 455. The maximum atomic E-state index is 5.56. The monoisotopic (exact) mass is 202 g/mol. The van der Waals surface area contributed by atoms with Crippen LogP contribution in [0.1, 0.15) is 11.5 Å². The van der Waals surface area contributed by atoms with Crippen molar-refractivity contribution >= 4 is 5.69 Å². The van der Waals surface area contributed by atoms with E-state index in [0.29, 0.717) is 5.89 Å². The number of anilines is 1. The number of hydrogen-bond acceptors (Lipinski definition) is 3. The first-order chi connectivity index (χ1) is 7.20. The molecule has 0 amide bonds.